The van der Waals surface area contributed by atoms with Crippen molar-refractivity contribution in [3.63, 3.8) is 0 Å². The van der Waals surface area contributed by atoms with Gasteiger partial charge in [0.25, 0.3) is 0 Å². The minimum absolute atomic E-state index is 0.0298. The van der Waals surface area contributed by atoms with Crippen LogP contribution in [0.1, 0.15) is 29.0 Å². The van der Waals surface area contributed by atoms with E-state index in [0.717, 1.165) is 28.9 Å². The van der Waals surface area contributed by atoms with Gasteiger partial charge in [-0.15, -0.1) is 0 Å². The van der Waals surface area contributed by atoms with Gasteiger partial charge in [0.2, 0.25) is 0 Å². The summed E-state index contributed by atoms with van der Waals surface area (Å²) in [6.45, 7) is 2.20. The molecule has 1 aliphatic rings. The van der Waals surface area contributed by atoms with Gasteiger partial charge in [-0.3, -0.25) is 0 Å². The SMILES string of the molecule is O=C(O)N1CC(O)C(c2ccc(OCCCOCc3ccccc3)cc2)C(OCc2ccc(Cl)cc2)C1. The molecule has 3 aromatic carbocycles. The number of rotatable bonds is 11. The second-order valence-electron chi connectivity index (χ2n) is 9.07. The van der Waals surface area contributed by atoms with Crippen LogP contribution in [-0.4, -0.2) is 59.7 Å². The fourth-order valence-electron chi connectivity index (χ4n) is 4.43. The molecule has 3 aromatic rings. The number of nitrogens with zero attached hydrogens (tertiary/aromatic N) is 1. The molecule has 1 heterocycles. The van der Waals surface area contributed by atoms with Crippen molar-refractivity contribution in [1.82, 2.24) is 4.90 Å². The summed E-state index contributed by atoms with van der Waals surface area (Å²) in [6, 6.07) is 24.9. The van der Waals surface area contributed by atoms with Gasteiger partial charge in [-0.2, -0.15) is 0 Å². The van der Waals surface area contributed by atoms with Gasteiger partial charge in [-0.05, 0) is 41.0 Å². The molecule has 3 unspecified atom stereocenters. The van der Waals surface area contributed by atoms with E-state index in [1.165, 1.54) is 4.90 Å². The van der Waals surface area contributed by atoms with Crippen molar-refractivity contribution < 1.29 is 29.2 Å². The van der Waals surface area contributed by atoms with Crippen LogP contribution in [0, 0.1) is 0 Å². The Balaban J connectivity index is 1.31. The lowest BCUT2D eigenvalue weighted by Crippen LogP contribution is -2.53. The van der Waals surface area contributed by atoms with Gasteiger partial charge in [0, 0.05) is 17.4 Å². The van der Waals surface area contributed by atoms with Gasteiger partial charge < -0.3 is 29.3 Å². The molecule has 1 amide bonds. The molecule has 1 aliphatic heterocycles. The van der Waals surface area contributed by atoms with Crippen LogP contribution in [0.2, 0.25) is 5.02 Å². The minimum Gasteiger partial charge on any atom is -0.494 e. The Morgan fingerprint density at radius 3 is 2.30 bits per heavy atom. The molecule has 4 rings (SSSR count). The molecule has 1 saturated heterocycles. The molecule has 0 spiro atoms. The highest BCUT2D eigenvalue weighted by Gasteiger charge is 2.39. The van der Waals surface area contributed by atoms with Crippen molar-refractivity contribution in [3.05, 3.63) is 101 Å². The largest absolute Gasteiger partial charge is 0.494 e. The first-order chi connectivity index (χ1) is 18.0. The normalized spacial score (nSPS) is 19.5. The molecule has 196 valence electrons. The lowest BCUT2D eigenvalue weighted by atomic mass is 9.84. The highest BCUT2D eigenvalue weighted by atomic mass is 35.5. The Hall–Kier alpha value is -3.10. The van der Waals surface area contributed by atoms with Gasteiger partial charge in [-0.25, -0.2) is 4.79 Å². The van der Waals surface area contributed by atoms with Crippen molar-refractivity contribution in [3.8, 4) is 5.75 Å². The van der Waals surface area contributed by atoms with Crippen molar-refractivity contribution in [1.29, 1.82) is 0 Å². The summed E-state index contributed by atoms with van der Waals surface area (Å²) in [7, 11) is 0. The van der Waals surface area contributed by atoms with Crippen molar-refractivity contribution in [2.45, 2.75) is 37.8 Å². The molecule has 0 aliphatic carbocycles. The maximum Gasteiger partial charge on any atom is 0.407 e. The second kappa shape index (κ2) is 13.4. The molecule has 0 saturated carbocycles. The van der Waals surface area contributed by atoms with Crippen molar-refractivity contribution in [2.75, 3.05) is 26.3 Å². The van der Waals surface area contributed by atoms with E-state index in [4.69, 9.17) is 25.8 Å². The standard InChI is InChI=1S/C29H32ClNO6/c30-24-11-7-22(8-12-24)20-37-27-18-31(29(33)34)17-26(32)28(27)23-9-13-25(14-10-23)36-16-4-15-35-19-21-5-2-1-3-6-21/h1-3,5-14,26-28,32H,4,15-20H2,(H,33,34). The molecule has 2 N–H and O–H groups in total. The maximum atomic E-state index is 11.6. The topological polar surface area (TPSA) is 88.5 Å². The third-order valence-electron chi connectivity index (χ3n) is 6.35. The van der Waals surface area contributed by atoms with E-state index in [1.807, 2.05) is 66.7 Å². The van der Waals surface area contributed by atoms with Crippen LogP contribution in [0.4, 0.5) is 4.79 Å². The van der Waals surface area contributed by atoms with E-state index < -0.39 is 18.3 Å². The van der Waals surface area contributed by atoms with E-state index in [1.54, 1.807) is 12.1 Å². The quantitative estimate of drug-likeness (QED) is 0.328. The number of carboxylic acid groups (broad SMARTS) is 1. The second-order valence-corrected chi connectivity index (χ2v) is 9.50. The number of amides is 1. The number of carbonyl (C=O) groups is 1. The van der Waals surface area contributed by atoms with Crippen LogP contribution in [0.15, 0.2) is 78.9 Å². The highest BCUT2D eigenvalue weighted by Crippen LogP contribution is 2.32. The highest BCUT2D eigenvalue weighted by molar-refractivity contribution is 6.30. The number of benzene rings is 3. The van der Waals surface area contributed by atoms with Crippen LogP contribution >= 0.6 is 11.6 Å². The number of β-amino-alcohol motifs (C(OH)–C–C–N with tert-alkyl or cyclic N) is 1. The van der Waals surface area contributed by atoms with E-state index in [9.17, 15) is 15.0 Å². The molecule has 3 atom stereocenters. The summed E-state index contributed by atoms with van der Waals surface area (Å²) < 4.78 is 17.7. The Labute approximate surface area is 222 Å². The monoisotopic (exact) mass is 525 g/mol. The molecular formula is C29H32ClNO6. The summed E-state index contributed by atoms with van der Waals surface area (Å²) in [5, 5.41) is 21.0. The predicted molar refractivity (Wildman–Crippen MR) is 141 cm³/mol. The van der Waals surface area contributed by atoms with Crippen molar-refractivity contribution in [2.24, 2.45) is 0 Å². The van der Waals surface area contributed by atoms with Crippen LogP contribution in [0.25, 0.3) is 0 Å². The zero-order valence-electron chi connectivity index (χ0n) is 20.5. The zero-order chi connectivity index (χ0) is 26.0. The molecule has 0 aromatic heterocycles. The van der Waals surface area contributed by atoms with Gasteiger partial charge in [0.05, 0.1) is 51.7 Å². The molecule has 37 heavy (non-hydrogen) atoms. The number of piperidine rings is 1. The van der Waals surface area contributed by atoms with Gasteiger partial charge in [0.1, 0.15) is 5.75 Å². The fraction of sp³-hybridized carbons (Fsp3) is 0.345. The first kappa shape index (κ1) is 26.9. The minimum atomic E-state index is -1.07. The summed E-state index contributed by atoms with van der Waals surface area (Å²) in [4.78, 5) is 12.8. The first-order valence-corrected chi connectivity index (χ1v) is 12.7. The maximum absolute atomic E-state index is 11.6. The summed E-state index contributed by atoms with van der Waals surface area (Å²) >= 11 is 5.96. The van der Waals surface area contributed by atoms with E-state index in [0.29, 0.717) is 24.8 Å². The smallest absolute Gasteiger partial charge is 0.407 e. The average molecular weight is 526 g/mol. The van der Waals surface area contributed by atoms with E-state index >= 15 is 0 Å². The molecule has 7 nitrogen and oxygen atoms in total. The van der Waals surface area contributed by atoms with Crippen LogP contribution in [0.5, 0.6) is 5.75 Å². The lowest BCUT2D eigenvalue weighted by molar-refractivity contribution is -0.0660. The number of aliphatic hydroxyl groups is 1. The number of ether oxygens (including phenoxy) is 3. The van der Waals surface area contributed by atoms with Gasteiger partial charge >= 0.3 is 6.09 Å². The van der Waals surface area contributed by atoms with Gasteiger partial charge in [-0.1, -0.05) is 66.2 Å². The third-order valence-corrected chi connectivity index (χ3v) is 6.60. The number of aliphatic hydroxyl groups excluding tert-OH is 1. The third kappa shape index (κ3) is 7.94. The Kier molecular flexibility index (Phi) is 9.79. The Morgan fingerprint density at radius 1 is 0.892 bits per heavy atom. The van der Waals surface area contributed by atoms with Crippen LogP contribution in [-0.2, 0) is 22.7 Å². The van der Waals surface area contributed by atoms with Crippen molar-refractivity contribution >= 4 is 17.7 Å². The van der Waals surface area contributed by atoms with E-state index in [-0.39, 0.29) is 25.6 Å². The molecule has 0 radical (unpaired) electrons. The molecular weight excluding hydrogens is 494 g/mol. The molecule has 1 fully saturated rings. The Bertz CT molecular complexity index is 1110. The fourth-order valence-corrected chi connectivity index (χ4v) is 4.55. The number of hydrogen-bond acceptors (Lipinski definition) is 5. The van der Waals surface area contributed by atoms with Gasteiger partial charge in [0.15, 0.2) is 0 Å². The first-order valence-electron chi connectivity index (χ1n) is 12.4. The van der Waals surface area contributed by atoms with E-state index in [2.05, 4.69) is 0 Å². The summed E-state index contributed by atoms with van der Waals surface area (Å²) in [5.74, 6) is 0.353. The number of halogens is 1. The number of hydrogen-bond donors (Lipinski definition) is 2. The zero-order valence-corrected chi connectivity index (χ0v) is 21.3. The molecule has 0 bridgehead atoms. The lowest BCUT2D eigenvalue weighted by Gasteiger charge is -2.40. The number of likely N-dealkylation sites (tertiary alicyclic amines) is 1. The average Bonchev–Trinajstić information content (AvgIpc) is 2.91. The summed E-state index contributed by atoms with van der Waals surface area (Å²) in [6.07, 6.45) is -1.71. The van der Waals surface area contributed by atoms with Crippen LogP contribution < -0.4 is 4.74 Å². The predicted octanol–water partition coefficient (Wildman–Crippen LogP) is 5.35. The Morgan fingerprint density at radius 2 is 1.59 bits per heavy atom. The van der Waals surface area contributed by atoms with Crippen LogP contribution in [0.3, 0.4) is 0 Å². The molecule has 8 heteroatoms. The summed E-state index contributed by atoms with van der Waals surface area (Å²) in [5.41, 5.74) is 2.93.